The first-order valence-corrected chi connectivity index (χ1v) is 3.00. The molecule has 1 nitrogen and oxygen atoms in total. The molecule has 0 radical (unpaired) electrons. The molecular weight excluding hydrogens is 271 g/mol. The third kappa shape index (κ3) is 2.86. The van der Waals surface area contributed by atoms with Crippen LogP contribution in [-0.2, 0) is 0 Å². The van der Waals surface area contributed by atoms with Gasteiger partial charge in [-0.3, -0.25) is 0 Å². The van der Waals surface area contributed by atoms with Crippen LogP contribution in [0.1, 0.15) is 0 Å². The Bertz CT molecular complexity index is 228. The van der Waals surface area contributed by atoms with Gasteiger partial charge in [-0.1, -0.05) is 4.90 Å². The van der Waals surface area contributed by atoms with Crippen molar-refractivity contribution in [1.82, 2.24) is 4.90 Å². The Labute approximate surface area is 79.4 Å². The van der Waals surface area contributed by atoms with Gasteiger partial charge in [-0.15, -0.1) is 0 Å². The lowest BCUT2D eigenvalue weighted by molar-refractivity contribution is -0.483. The van der Waals surface area contributed by atoms with Gasteiger partial charge in [-0.25, -0.2) is 0 Å². The van der Waals surface area contributed by atoms with Crippen molar-refractivity contribution < 1.29 is 48.3 Å². The van der Waals surface area contributed by atoms with Crippen molar-refractivity contribution in [2.45, 2.75) is 24.8 Å². The maximum Gasteiger partial charge on any atom is 0.472 e. The maximum absolute atomic E-state index is 11.9. The van der Waals surface area contributed by atoms with E-state index in [1.807, 2.05) is 0 Å². The molecule has 0 unspecified atom stereocenters. The fourth-order valence-electron chi connectivity index (χ4n) is 0.589. The summed E-state index contributed by atoms with van der Waals surface area (Å²) in [5, 5.41) is 0. The summed E-state index contributed by atoms with van der Waals surface area (Å²) < 4.78 is 127. The van der Waals surface area contributed by atoms with Crippen molar-refractivity contribution in [1.29, 1.82) is 0 Å². The van der Waals surface area contributed by atoms with Gasteiger partial charge in [0.05, 0.1) is 0 Å². The van der Waals surface area contributed by atoms with E-state index in [4.69, 9.17) is 0 Å². The first-order chi connectivity index (χ1) is 6.62. The summed E-state index contributed by atoms with van der Waals surface area (Å²) in [6.07, 6.45) is -20.9. The molecule has 0 aliphatic rings. The van der Waals surface area contributed by atoms with E-state index in [2.05, 4.69) is 0 Å². The van der Waals surface area contributed by atoms with Crippen LogP contribution in [0.3, 0.4) is 0 Å². The summed E-state index contributed by atoms with van der Waals surface area (Å²) >= 11 is 0. The van der Waals surface area contributed by atoms with E-state index in [1.54, 1.807) is 0 Å². The van der Waals surface area contributed by atoms with E-state index in [-0.39, 0.29) is 0 Å². The van der Waals surface area contributed by atoms with E-state index < -0.39 is 29.7 Å². The molecule has 0 heterocycles. The Morgan fingerprint density at radius 3 is 0.812 bits per heavy atom. The quantitative estimate of drug-likeness (QED) is 0.521. The van der Waals surface area contributed by atoms with Crippen molar-refractivity contribution in [3.05, 3.63) is 0 Å². The van der Waals surface area contributed by atoms with Gasteiger partial charge in [0.25, 0.3) is 0 Å². The average Bonchev–Trinajstić information content (AvgIpc) is 1.72. The highest BCUT2D eigenvalue weighted by molar-refractivity contribution is 4.81. The molecule has 0 spiro atoms. The largest absolute Gasteiger partial charge is 0.472 e. The van der Waals surface area contributed by atoms with E-state index in [9.17, 15) is 48.3 Å². The molecule has 98 valence electrons. The number of alkyl halides is 11. The summed E-state index contributed by atoms with van der Waals surface area (Å²) in [6.45, 7) is 0. The topological polar surface area (TPSA) is 3.24 Å². The summed E-state index contributed by atoms with van der Waals surface area (Å²) in [4.78, 5) is -3.81. The van der Waals surface area contributed by atoms with E-state index in [1.165, 1.54) is 0 Å². The lowest BCUT2D eigenvalue weighted by Gasteiger charge is -2.34. The first kappa shape index (κ1) is 15.2. The fraction of sp³-hybridized carbons (Fsp3) is 1.00. The molecule has 0 amide bonds. The zero-order valence-electron chi connectivity index (χ0n) is 6.60. The Kier molecular flexibility index (Phi) is 3.42. The monoisotopic (exact) mass is 271 g/mol. The van der Waals surface area contributed by atoms with Gasteiger partial charge in [0.1, 0.15) is 0 Å². The lowest BCUT2D eigenvalue weighted by atomic mass is 10.4. The molecule has 0 saturated heterocycles. The number of rotatable bonds is 1. The van der Waals surface area contributed by atoms with Crippen LogP contribution in [0, 0.1) is 0 Å². The van der Waals surface area contributed by atoms with E-state index >= 15 is 0 Å². The second kappa shape index (κ2) is 3.60. The van der Waals surface area contributed by atoms with E-state index in [0.717, 1.165) is 0 Å². The Hall–Kier alpha value is -0.810. The van der Waals surface area contributed by atoms with Gasteiger partial charge in [0.15, 0.2) is 0 Å². The van der Waals surface area contributed by atoms with Gasteiger partial charge < -0.3 is 0 Å². The van der Waals surface area contributed by atoms with Crippen LogP contribution in [-0.4, -0.2) is 29.7 Å². The predicted octanol–water partition coefficient (Wildman–Crippen LogP) is 3.48. The Morgan fingerprint density at radius 2 is 0.750 bits per heavy atom. The zero-order chi connectivity index (χ0) is 13.6. The number of nitrogens with zero attached hydrogens (tertiary/aromatic N) is 1. The molecule has 0 aliphatic heterocycles. The molecule has 16 heavy (non-hydrogen) atoms. The summed E-state index contributed by atoms with van der Waals surface area (Å²) in [5.41, 5.74) is 0. The van der Waals surface area contributed by atoms with Crippen molar-refractivity contribution in [2.24, 2.45) is 0 Å². The van der Waals surface area contributed by atoms with Crippen LogP contribution in [0.4, 0.5) is 48.3 Å². The van der Waals surface area contributed by atoms with Crippen LogP contribution >= 0.6 is 0 Å². The molecule has 0 N–H and O–H groups in total. The van der Waals surface area contributed by atoms with Gasteiger partial charge >= 0.3 is 24.8 Å². The fourth-order valence-corrected chi connectivity index (χ4v) is 0.589. The molecule has 0 aliphatic carbocycles. The highest BCUT2D eigenvalue weighted by Crippen LogP contribution is 2.48. The second-order valence-corrected chi connectivity index (χ2v) is 2.31. The van der Waals surface area contributed by atoms with Crippen LogP contribution in [0.5, 0.6) is 0 Å². The molecule has 12 heteroatoms. The highest BCUT2D eigenvalue weighted by atomic mass is 19.4. The van der Waals surface area contributed by atoms with Gasteiger partial charge in [0.2, 0.25) is 0 Å². The van der Waals surface area contributed by atoms with Crippen LogP contribution in [0.15, 0.2) is 0 Å². The van der Waals surface area contributed by atoms with Gasteiger partial charge in [-0.05, 0) is 0 Å². The van der Waals surface area contributed by atoms with Crippen LogP contribution < -0.4 is 0 Å². The molecule has 0 aromatic carbocycles. The standard InChI is InChI=1S/C4F11N/c5-1(6,7)2(8,9)16(3(10,11)12)4(13,14)15. The molecule has 0 rings (SSSR count). The minimum atomic E-state index is -7.09. The van der Waals surface area contributed by atoms with E-state index in [0.29, 0.717) is 0 Å². The predicted molar refractivity (Wildman–Crippen MR) is 25.0 cm³/mol. The third-order valence-corrected chi connectivity index (χ3v) is 1.13. The minimum Gasteiger partial charge on any atom is -0.177 e. The van der Waals surface area contributed by atoms with Gasteiger partial charge in [0, 0.05) is 0 Å². The van der Waals surface area contributed by atoms with Crippen molar-refractivity contribution >= 4 is 0 Å². The molecular formula is C4F11N. The summed E-state index contributed by atoms with van der Waals surface area (Å²) in [7, 11) is 0. The number of halogens is 11. The molecule has 0 bridgehead atoms. The minimum absolute atomic E-state index is 3.81. The molecule has 0 fully saturated rings. The van der Waals surface area contributed by atoms with Crippen molar-refractivity contribution in [2.75, 3.05) is 0 Å². The molecule has 0 atom stereocenters. The summed E-state index contributed by atoms with van der Waals surface area (Å²) in [5.74, 6) is 0. The smallest absolute Gasteiger partial charge is 0.177 e. The van der Waals surface area contributed by atoms with Crippen LogP contribution in [0.2, 0.25) is 0 Å². The van der Waals surface area contributed by atoms with Crippen molar-refractivity contribution in [3.8, 4) is 0 Å². The molecule has 0 aromatic heterocycles. The molecule has 0 saturated carbocycles. The Morgan fingerprint density at radius 1 is 0.500 bits per heavy atom. The maximum atomic E-state index is 11.9. The normalized spacial score (nSPS) is 15.8. The Balaban J connectivity index is 5.57. The molecule has 0 aromatic rings. The number of hydrogen-bond donors (Lipinski definition) is 0. The number of hydrogen-bond acceptors (Lipinski definition) is 1. The lowest BCUT2D eigenvalue weighted by Crippen LogP contribution is -2.63. The van der Waals surface area contributed by atoms with Crippen LogP contribution in [0.25, 0.3) is 0 Å². The average molecular weight is 271 g/mol. The first-order valence-electron chi connectivity index (χ1n) is 3.00. The summed E-state index contributed by atoms with van der Waals surface area (Å²) in [6, 6.07) is -7.09. The van der Waals surface area contributed by atoms with Gasteiger partial charge in [-0.2, -0.15) is 48.3 Å². The SMILES string of the molecule is FC(F)(F)N(C(F)(F)F)C(F)(F)C(F)(F)F. The van der Waals surface area contributed by atoms with Crippen molar-refractivity contribution in [3.63, 3.8) is 0 Å². The highest BCUT2D eigenvalue weighted by Gasteiger charge is 2.75. The second-order valence-electron chi connectivity index (χ2n) is 2.31. The third-order valence-electron chi connectivity index (χ3n) is 1.13. The zero-order valence-corrected chi connectivity index (χ0v) is 6.60.